The van der Waals surface area contributed by atoms with Crippen LogP contribution in [0.5, 0.6) is 11.5 Å². The second kappa shape index (κ2) is 11.6. The fraction of sp³-hybridized carbons (Fsp3) is 0.143. The molecule has 0 radical (unpaired) electrons. The molecule has 3 aromatic heterocycles. The van der Waals surface area contributed by atoms with Gasteiger partial charge in [-0.15, -0.1) is 0 Å². The maximum absolute atomic E-state index is 8.55. The molecule has 5 aromatic carbocycles. The van der Waals surface area contributed by atoms with Crippen molar-refractivity contribution in [3.63, 3.8) is 0 Å². The van der Waals surface area contributed by atoms with Crippen molar-refractivity contribution in [1.82, 2.24) is 18.7 Å². The number of aryl methyl sites for hydroxylation is 2. The number of hydrogen-bond donors (Lipinski definition) is 0. The Morgan fingerprint density at radius 3 is 2.29 bits per heavy atom. The Morgan fingerprint density at radius 2 is 1.50 bits per heavy atom. The van der Waals surface area contributed by atoms with Crippen LogP contribution in [0.2, 0.25) is 0 Å². The fourth-order valence-corrected chi connectivity index (χ4v) is 7.38. The molecule has 3 heterocycles. The summed E-state index contributed by atoms with van der Waals surface area (Å²) in [6.07, 6.45) is 1.44. The van der Waals surface area contributed by atoms with Crippen LogP contribution in [0.1, 0.15) is 45.7 Å². The first-order chi connectivity index (χ1) is 25.6. The van der Waals surface area contributed by atoms with Crippen molar-refractivity contribution in [3.05, 3.63) is 148 Å². The Hall–Kier alpha value is -4.99. The van der Waals surface area contributed by atoms with Crippen molar-refractivity contribution in [2.45, 2.75) is 39.9 Å². The van der Waals surface area contributed by atoms with E-state index in [2.05, 4.69) is 103 Å². The molecule has 0 N–H and O–H groups in total. The molecular weight excluding hydrogens is 772 g/mol. The molecule has 48 heavy (non-hydrogen) atoms. The van der Waals surface area contributed by atoms with Crippen LogP contribution in [0.15, 0.2) is 115 Å². The molecule has 0 unspecified atom stereocenters. The van der Waals surface area contributed by atoms with Crippen molar-refractivity contribution >= 4 is 32.8 Å². The van der Waals surface area contributed by atoms with Gasteiger partial charge in [0.1, 0.15) is 0 Å². The van der Waals surface area contributed by atoms with Crippen LogP contribution in [-0.2, 0) is 24.8 Å². The van der Waals surface area contributed by atoms with E-state index in [0.717, 1.165) is 26.2 Å². The third-order valence-electron chi connectivity index (χ3n) is 8.52. The minimum absolute atomic E-state index is 0.0217. The molecule has 0 bridgehead atoms. The quantitative estimate of drug-likeness (QED) is 0.162. The zero-order chi connectivity index (χ0) is 38.2. The fourth-order valence-electron chi connectivity index (χ4n) is 6.26. The molecule has 240 valence electrons. The molecule has 0 aliphatic heterocycles. The molecule has 6 heteroatoms. The monoisotopic (exact) mass is 811 g/mol. The van der Waals surface area contributed by atoms with E-state index in [0.29, 0.717) is 33.4 Å². The number of aromatic nitrogens is 4. The third kappa shape index (κ3) is 5.14. The molecule has 8 rings (SSSR count). The van der Waals surface area contributed by atoms with Gasteiger partial charge in [0.2, 0.25) is 0 Å². The number of nitrogens with zero attached hydrogens (tertiary/aromatic N) is 4. The number of imidazole rings is 1. The normalized spacial score (nSPS) is 14.4. The molecule has 0 amide bonds. The zero-order valence-electron chi connectivity index (χ0n) is 32.5. The summed E-state index contributed by atoms with van der Waals surface area (Å²) in [5, 5.41) is 1.14. The molecule has 0 aliphatic rings. The molecule has 0 fully saturated rings. The summed E-state index contributed by atoms with van der Waals surface area (Å²) in [6, 6.07) is 41.0. The Balaban J connectivity index is 1.28. The van der Waals surface area contributed by atoms with Gasteiger partial charge in [-0.3, -0.25) is 0 Å². The number of fused-ring (bicyclic) bond motifs is 4. The average Bonchev–Trinajstić information content (AvgIpc) is 3.61. The summed E-state index contributed by atoms with van der Waals surface area (Å²) in [6.45, 7) is 1.73. The molecule has 5 nitrogen and oxygen atoms in total. The number of para-hydroxylation sites is 3. The van der Waals surface area contributed by atoms with Crippen LogP contribution < -0.4 is 4.74 Å². The van der Waals surface area contributed by atoms with Crippen LogP contribution in [0, 0.1) is 29.6 Å². The summed E-state index contributed by atoms with van der Waals surface area (Å²) in [7, 11) is 0. The van der Waals surface area contributed by atoms with Crippen LogP contribution in [-0.4, -0.2) is 18.7 Å². The number of pyridine rings is 1. The molecule has 0 spiro atoms. The summed E-state index contributed by atoms with van der Waals surface area (Å²) < 4.78 is 63.1. The molecule has 8 aromatic rings. The van der Waals surface area contributed by atoms with Gasteiger partial charge < -0.3 is 0 Å². The first-order valence-electron chi connectivity index (χ1n) is 18.6. The van der Waals surface area contributed by atoms with E-state index in [4.69, 9.17) is 13.0 Å². The number of ether oxygens (including phenoxy) is 1. The van der Waals surface area contributed by atoms with Crippen LogP contribution in [0.4, 0.5) is 0 Å². The van der Waals surface area contributed by atoms with E-state index < -0.39 is 13.7 Å². The Labute approximate surface area is 299 Å². The molecule has 0 atom stereocenters. The van der Waals surface area contributed by atoms with E-state index in [1.165, 1.54) is 30.0 Å². The second-order valence-corrected chi connectivity index (χ2v) is 13.7. The van der Waals surface area contributed by atoms with Gasteiger partial charge in [0.25, 0.3) is 0 Å². The minimum atomic E-state index is -2.52. The van der Waals surface area contributed by atoms with Gasteiger partial charge in [0, 0.05) is 10.3 Å². The first-order valence-corrected chi connectivity index (χ1v) is 16.7. The van der Waals surface area contributed by atoms with Crippen molar-refractivity contribution in [3.8, 4) is 28.7 Å². The topological polar surface area (TPSA) is 36.9 Å². The summed E-state index contributed by atoms with van der Waals surface area (Å²) >= 11 is 2.35. The van der Waals surface area contributed by atoms with Gasteiger partial charge in [0.15, 0.2) is 0 Å². The number of rotatable bonds is 5. The van der Waals surface area contributed by atoms with Gasteiger partial charge >= 0.3 is 260 Å². The predicted octanol–water partition coefficient (Wildman–Crippen LogP) is 10.3. The first kappa shape index (κ1) is 24.2. The molecular formula is C42H34N4OPt-2. The van der Waals surface area contributed by atoms with E-state index >= 15 is 0 Å². The SMILES string of the molecule is [2H]C([2H])([2H])c1ccnc(-n2c3[c-]c(Oc4[c-]c(-n5[c](=[Pt])n(-c6cccc(C(C)(C)C)c6)c6ccccc65)ccc4)cc(C([2H])([2H])[2H])c3c3ccccc32)c1. The van der Waals surface area contributed by atoms with Gasteiger partial charge in [-0.2, -0.15) is 0 Å². The van der Waals surface area contributed by atoms with Gasteiger partial charge in [-0.05, 0) is 18.5 Å². The summed E-state index contributed by atoms with van der Waals surface area (Å²) in [5.74, 6) is 0.850. The maximum atomic E-state index is 8.55. The average molecular weight is 812 g/mol. The van der Waals surface area contributed by atoms with Crippen LogP contribution in [0.3, 0.4) is 0 Å². The van der Waals surface area contributed by atoms with Gasteiger partial charge in [0.05, 0.1) is 0 Å². The molecule has 0 saturated heterocycles. The van der Waals surface area contributed by atoms with E-state index in [1.54, 1.807) is 10.6 Å². The van der Waals surface area contributed by atoms with Gasteiger partial charge in [-0.1, -0.05) is 12.1 Å². The van der Waals surface area contributed by atoms with Crippen molar-refractivity contribution < 1.29 is 32.3 Å². The molecule has 0 saturated carbocycles. The van der Waals surface area contributed by atoms with Crippen molar-refractivity contribution in [1.29, 1.82) is 0 Å². The number of hydrogen-bond acceptors (Lipinski definition) is 2. The van der Waals surface area contributed by atoms with E-state index in [1.807, 2.05) is 48.5 Å². The third-order valence-corrected chi connectivity index (χ3v) is 9.54. The Morgan fingerprint density at radius 1 is 0.729 bits per heavy atom. The van der Waals surface area contributed by atoms with Crippen LogP contribution in [0.25, 0.3) is 50.0 Å². The van der Waals surface area contributed by atoms with Crippen molar-refractivity contribution in [2.24, 2.45) is 0 Å². The van der Waals surface area contributed by atoms with Gasteiger partial charge in [-0.25, -0.2) is 0 Å². The summed E-state index contributed by atoms with van der Waals surface area (Å²) in [5.41, 5.74) is 6.24. The van der Waals surface area contributed by atoms with E-state index in [9.17, 15) is 0 Å². The second-order valence-electron chi connectivity index (χ2n) is 12.7. The summed E-state index contributed by atoms with van der Waals surface area (Å²) in [4.78, 5) is 4.52. The van der Waals surface area contributed by atoms with Crippen molar-refractivity contribution in [2.75, 3.05) is 0 Å². The van der Waals surface area contributed by atoms with E-state index in [-0.39, 0.29) is 22.3 Å². The Kier molecular flexibility index (Phi) is 5.85. The molecule has 0 aliphatic carbocycles. The predicted molar refractivity (Wildman–Crippen MR) is 190 cm³/mol. The number of benzene rings is 5. The van der Waals surface area contributed by atoms with Crippen LogP contribution >= 0.6 is 0 Å². The zero-order valence-corrected chi connectivity index (χ0v) is 28.8. The Bertz CT molecular complexity index is 2800. The standard InChI is InChI=1S/C42H34N4O.Pt/c1-28-20-21-43-40(22-28)46-36-17-7-6-16-35(36)41-29(2)23-34(26-39(41)46)47-33-15-11-14-32(25-33)45-27-44(37-18-8-9-19-38(37)45)31-13-10-12-30(24-31)42(3,4)5;/h6-24H,1-5H3;/q-2;/i1D3,2D3;.